The number of ether oxygens (including phenoxy) is 2. The second kappa shape index (κ2) is 14.1. The van der Waals surface area contributed by atoms with Gasteiger partial charge in [-0.2, -0.15) is 0 Å². The van der Waals surface area contributed by atoms with Gasteiger partial charge >= 0.3 is 17.9 Å². The molecule has 0 heterocycles. The number of carbonyl (C=O) groups excluding carboxylic acids is 2. The van der Waals surface area contributed by atoms with E-state index in [0.717, 1.165) is 11.1 Å². The van der Waals surface area contributed by atoms with E-state index in [9.17, 15) is 19.5 Å². The zero-order chi connectivity index (χ0) is 28.3. The molecule has 2 N–H and O–H groups in total. The lowest BCUT2D eigenvalue weighted by Crippen LogP contribution is -2.51. The van der Waals surface area contributed by atoms with Crippen LogP contribution < -0.4 is 5.32 Å². The molecular formula is C30H42N2O6. The van der Waals surface area contributed by atoms with Crippen molar-refractivity contribution in [3.8, 4) is 0 Å². The molecule has 8 heteroatoms. The summed E-state index contributed by atoms with van der Waals surface area (Å²) in [5.41, 5.74) is 0.462. The van der Waals surface area contributed by atoms with E-state index in [-0.39, 0.29) is 32.0 Å². The molecule has 2 atom stereocenters. The molecule has 0 bridgehead atoms. The number of nitrogens with zero attached hydrogens (tertiary/aromatic N) is 1. The van der Waals surface area contributed by atoms with Gasteiger partial charge in [-0.1, -0.05) is 60.7 Å². The first kappa shape index (κ1) is 31.0. The van der Waals surface area contributed by atoms with Gasteiger partial charge in [-0.05, 0) is 65.5 Å². The second-order valence-corrected chi connectivity index (χ2v) is 11.3. The lowest BCUT2D eigenvalue weighted by Gasteiger charge is -2.30. The molecule has 208 valence electrons. The van der Waals surface area contributed by atoms with Crippen LogP contribution in [0.15, 0.2) is 60.7 Å². The predicted molar refractivity (Wildman–Crippen MR) is 147 cm³/mol. The van der Waals surface area contributed by atoms with Crippen LogP contribution in [0.5, 0.6) is 0 Å². The summed E-state index contributed by atoms with van der Waals surface area (Å²) in [7, 11) is 0. The molecule has 0 aliphatic carbocycles. The number of carbonyl (C=O) groups is 3. The highest BCUT2D eigenvalue weighted by Crippen LogP contribution is 2.14. The second-order valence-electron chi connectivity index (χ2n) is 11.3. The summed E-state index contributed by atoms with van der Waals surface area (Å²) in [6.45, 7) is 11.0. The summed E-state index contributed by atoms with van der Waals surface area (Å²) in [4.78, 5) is 39.6. The predicted octanol–water partition coefficient (Wildman–Crippen LogP) is 3.87. The van der Waals surface area contributed by atoms with Gasteiger partial charge in [0.1, 0.15) is 23.3 Å². The van der Waals surface area contributed by atoms with Crippen molar-refractivity contribution in [3.05, 3.63) is 71.8 Å². The summed E-state index contributed by atoms with van der Waals surface area (Å²) in [5, 5.41) is 13.3. The van der Waals surface area contributed by atoms with Crippen LogP contribution in [0.2, 0.25) is 0 Å². The molecular weight excluding hydrogens is 484 g/mol. The Balaban J connectivity index is 2.20. The normalized spacial score (nSPS) is 13.6. The minimum absolute atomic E-state index is 0.196. The average Bonchev–Trinajstić information content (AvgIpc) is 2.80. The highest BCUT2D eigenvalue weighted by Gasteiger charge is 2.30. The fourth-order valence-electron chi connectivity index (χ4n) is 3.94. The van der Waals surface area contributed by atoms with Crippen molar-refractivity contribution in [1.82, 2.24) is 10.2 Å². The standard InChI is InChI=1S/C30H42N2O6/c1-29(2,3)37-26(33)21-32(25(27(34)35)20-23-15-11-8-12-16-23)18-17-31-24(28(36)38-30(4,5)6)19-22-13-9-7-10-14-22/h7-16,24-25,31H,17-21H2,1-6H3,(H,34,35)/t24-,25-/m0/s1. The molecule has 0 spiro atoms. The van der Waals surface area contributed by atoms with E-state index in [2.05, 4.69) is 5.32 Å². The van der Waals surface area contributed by atoms with Crippen LogP contribution in [-0.4, -0.2) is 70.8 Å². The highest BCUT2D eigenvalue weighted by molar-refractivity contribution is 5.77. The molecule has 0 saturated heterocycles. The molecule has 0 aliphatic rings. The maximum atomic E-state index is 13.0. The van der Waals surface area contributed by atoms with Crippen LogP contribution in [0.25, 0.3) is 0 Å². The van der Waals surface area contributed by atoms with Gasteiger partial charge in [0, 0.05) is 13.1 Å². The summed E-state index contributed by atoms with van der Waals surface area (Å²) < 4.78 is 11.1. The Hall–Kier alpha value is -3.23. The van der Waals surface area contributed by atoms with Gasteiger partial charge in [0.2, 0.25) is 0 Å². The Labute approximate surface area is 226 Å². The molecule has 0 radical (unpaired) electrons. The van der Waals surface area contributed by atoms with Crippen LogP contribution in [0.4, 0.5) is 0 Å². The molecule has 38 heavy (non-hydrogen) atoms. The Morgan fingerprint density at radius 3 is 1.79 bits per heavy atom. The summed E-state index contributed by atoms with van der Waals surface area (Å²) in [6, 6.07) is 17.3. The van der Waals surface area contributed by atoms with Crippen molar-refractivity contribution in [1.29, 1.82) is 0 Å². The number of carboxylic acid groups (broad SMARTS) is 1. The van der Waals surface area contributed by atoms with Gasteiger partial charge < -0.3 is 19.9 Å². The average molecular weight is 527 g/mol. The quantitative estimate of drug-likeness (QED) is 0.379. The Morgan fingerprint density at radius 1 is 0.816 bits per heavy atom. The molecule has 0 fully saturated rings. The molecule has 2 aromatic rings. The topological polar surface area (TPSA) is 105 Å². The number of benzene rings is 2. The number of aliphatic carboxylic acids is 1. The molecule has 0 amide bonds. The number of hydrogen-bond acceptors (Lipinski definition) is 7. The largest absolute Gasteiger partial charge is 0.480 e. The lowest BCUT2D eigenvalue weighted by atomic mass is 10.0. The third-order valence-corrected chi connectivity index (χ3v) is 5.51. The van der Waals surface area contributed by atoms with Gasteiger partial charge in [-0.15, -0.1) is 0 Å². The molecule has 0 unspecified atom stereocenters. The third kappa shape index (κ3) is 11.9. The fourth-order valence-corrected chi connectivity index (χ4v) is 3.94. The Kier molecular flexibility index (Phi) is 11.5. The maximum absolute atomic E-state index is 13.0. The summed E-state index contributed by atoms with van der Waals surface area (Å²) in [5.74, 6) is -1.94. The van der Waals surface area contributed by atoms with Gasteiger partial charge in [-0.25, -0.2) is 0 Å². The number of carboxylic acids is 1. The zero-order valence-electron chi connectivity index (χ0n) is 23.4. The monoisotopic (exact) mass is 526 g/mol. The van der Waals surface area contributed by atoms with Gasteiger partial charge in [0.15, 0.2) is 0 Å². The van der Waals surface area contributed by atoms with Crippen LogP contribution >= 0.6 is 0 Å². The van der Waals surface area contributed by atoms with Crippen molar-refractivity contribution in [3.63, 3.8) is 0 Å². The van der Waals surface area contributed by atoms with Crippen molar-refractivity contribution < 1.29 is 29.0 Å². The third-order valence-electron chi connectivity index (χ3n) is 5.51. The Bertz CT molecular complexity index is 1030. The summed E-state index contributed by atoms with van der Waals surface area (Å²) >= 11 is 0. The molecule has 0 aliphatic heterocycles. The first-order valence-electron chi connectivity index (χ1n) is 13.0. The van der Waals surface area contributed by atoms with E-state index >= 15 is 0 Å². The van der Waals surface area contributed by atoms with Gasteiger partial charge in [0.05, 0.1) is 6.54 Å². The highest BCUT2D eigenvalue weighted by atomic mass is 16.6. The van der Waals surface area contributed by atoms with Gasteiger partial charge in [-0.3, -0.25) is 19.3 Å². The van der Waals surface area contributed by atoms with E-state index in [1.807, 2.05) is 81.4 Å². The fraction of sp³-hybridized carbons (Fsp3) is 0.500. The van der Waals surface area contributed by atoms with Crippen LogP contribution in [-0.2, 0) is 36.7 Å². The zero-order valence-corrected chi connectivity index (χ0v) is 23.4. The molecule has 2 aromatic carbocycles. The Morgan fingerprint density at radius 2 is 1.32 bits per heavy atom. The molecule has 0 saturated carbocycles. The van der Waals surface area contributed by atoms with Crippen LogP contribution in [0, 0.1) is 0 Å². The van der Waals surface area contributed by atoms with Crippen LogP contribution in [0.3, 0.4) is 0 Å². The van der Waals surface area contributed by atoms with Crippen molar-refractivity contribution in [2.24, 2.45) is 0 Å². The lowest BCUT2D eigenvalue weighted by molar-refractivity contribution is -0.160. The minimum atomic E-state index is -1.04. The first-order valence-corrected chi connectivity index (χ1v) is 13.0. The first-order chi connectivity index (χ1) is 17.7. The summed E-state index contributed by atoms with van der Waals surface area (Å²) in [6.07, 6.45) is 0.632. The van der Waals surface area contributed by atoms with E-state index in [1.165, 1.54) is 0 Å². The molecule has 0 aromatic heterocycles. The number of nitrogens with one attached hydrogen (secondary N) is 1. The maximum Gasteiger partial charge on any atom is 0.323 e. The van der Waals surface area contributed by atoms with Crippen molar-refractivity contribution in [2.45, 2.75) is 77.7 Å². The van der Waals surface area contributed by atoms with E-state index in [4.69, 9.17) is 9.47 Å². The van der Waals surface area contributed by atoms with Gasteiger partial charge in [0.25, 0.3) is 0 Å². The van der Waals surface area contributed by atoms with E-state index in [1.54, 1.807) is 25.7 Å². The van der Waals surface area contributed by atoms with Crippen molar-refractivity contribution in [2.75, 3.05) is 19.6 Å². The van der Waals surface area contributed by atoms with Crippen LogP contribution in [0.1, 0.15) is 52.7 Å². The minimum Gasteiger partial charge on any atom is -0.480 e. The van der Waals surface area contributed by atoms with Crippen molar-refractivity contribution >= 4 is 17.9 Å². The SMILES string of the molecule is CC(C)(C)OC(=O)CN(CCN[C@@H](Cc1ccccc1)C(=O)OC(C)(C)C)[C@@H](Cc1ccccc1)C(=O)O. The number of esters is 2. The number of rotatable bonds is 13. The number of hydrogen-bond donors (Lipinski definition) is 2. The van der Waals surface area contributed by atoms with E-state index in [0.29, 0.717) is 6.42 Å². The smallest absolute Gasteiger partial charge is 0.323 e. The van der Waals surface area contributed by atoms with E-state index < -0.39 is 35.2 Å². The molecule has 8 nitrogen and oxygen atoms in total. The molecule has 2 rings (SSSR count).